The van der Waals surface area contributed by atoms with Crippen LogP contribution in [-0.4, -0.2) is 10.2 Å². The molecule has 0 unspecified atom stereocenters. The van der Waals surface area contributed by atoms with Crippen molar-refractivity contribution in [2.75, 3.05) is 5.73 Å². The third-order valence-electron chi connectivity index (χ3n) is 0.753. The average Bonchev–Trinajstić information content (AvgIpc) is 2.14. The van der Waals surface area contributed by atoms with Gasteiger partial charge in [0, 0.05) is 6.07 Å². The molecule has 1 rings (SSSR count). The van der Waals surface area contributed by atoms with Crippen molar-refractivity contribution in [1.29, 1.82) is 0 Å². The van der Waals surface area contributed by atoms with Crippen molar-refractivity contribution < 1.29 is 0 Å². The Morgan fingerprint density at radius 1 is 1.88 bits per heavy atom. The zero-order chi connectivity index (χ0) is 5.98. The molecule has 0 saturated heterocycles. The Balaban J connectivity index is 3.05. The standard InChI is InChI=1S/C5H5N3/c1-2-4-3-5(6)8-7-4/h1,3H,(H3,6,7,8). The van der Waals surface area contributed by atoms with E-state index in [0.29, 0.717) is 11.5 Å². The van der Waals surface area contributed by atoms with E-state index >= 15 is 0 Å². The normalized spacial score (nSPS) is 8.38. The number of aromatic nitrogens is 2. The zero-order valence-corrected chi connectivity index (χ0v) is 4.18. The number of H-pyrrole nitrogens is 1. The third kappa shape index (κ3) is 0.636. The Kier molecular flexibility index (Phi) is 0.935. The fraction of sp³-hybridized carbons (Fsp3) is 0. The number of nitrogens with two attached hydrogens (primary N) is 1. The van der Waals surface area contributed by atoms with E-state index in [4.69, 9.17) is 12.2 Å². The first-order valence-electron chi connectivity index (χ1n) is 2.10. The number of nitrogens with one attached hydrogen (secondary N) is 1. The summed E-state index contributed by atoms with van der Waals surface area (Å²) in [6.45, 7) is 0. The van der Waals surface area contributed by atoms with E-state index < -0.39 is 0 Å². The number of nitrogen functional groups attached to an aromatic ring is 1. The summed E-state index contributed by atoms with van der Waals surface area (Å²) >= 11 is 0. The topological polar surface area (TPSA) is 54.7 Å². The van der Waals surface area contributed by atoms with Crippen molar-refractivity contribution >= 4 is 5.82 Å². The number of rotatable bonds is 0. The van der Waals surface area contributed by atoms with Crippen LogP contribution in [-0.2, 0) is 0 Å². The van der Waals surface area contributed by atoms with Gasteiger partial charge in [-0.15, -0.1) is 6.42 Å². The summed E-state index contributed by atoms with van der Waals surface area (Å²) in [5.41, 5.74) is 5.83. The summed E-state index contributed by atoms with van der Waals surface area (Å²) in [7, 11) is 0. The van der Waals surface area contributed by atoms with Gasteiger partial charge in [0.05, 0.1) is 0 Å². The van der Waals surface area contributed by atoms with Gasteiger partial charge in [0.25, 0.3) is 0 Å². The van der Waals surface area contributed by atoms with E-state index in [-0.39, 0.29) is 0 Å². The predicted molar refractivity (Wildman–Crippen MR) is 30.9 cm³/mol. The maximum absolute atomic E-state index is 5.22. The quantitative estimate of drug-likeness (QED) is 0.457. The van der Waals surface area contributed by atoms with E-state index in [1.54, 1.807) is 6.07 Å². The largest absolute Gasteiger partial charge is 0.382 e. The number of anilines is 1. The maximum Gasteiger partial charge on any atom is 0.146 e. The molecule has 0 aliphatic heterocycles. The van der Waals surface area contributed by atoms with E-state index in [9.17, 15) is 0 Å². The molecule has 3 N–H and O–H groups in total. The fourth-order valence-corrected chi connectivity index (χ4v) is 0.411. The molecule has 0 saturated carbocycles. The van der Waals surface area contributed by atoms with Gasteiger partial charge in [-0.1, -0.05) is 5.92 Å². The van der Waals surface area contributed by atoms with Crippen LogP contribution in [0.2, 0.25) is 0 Å². The van der Waals surface area contributed by atoms with Crippen molar-refractivity contribution in [3.8, 4) is 12.3 Å². The van der Waals surface area contributed by atoms with Gasteiger partial charge in [-0.2, -0.15) is 5.10 Å². The number of terminal acetylenes is 1. The molecule has 1 aromatic heterocycles. The molecule has 0 bridgehead atoms. The molecular weight excluding hydrogens is 102 g/mol. The highest BCUT2D eigenvalue weighted by atomic mass is 15.1. The van der Waals surface area contributed by atoms with Gasteiger partial charge in [0.1, 0.15) is 11.5 Å². The lowest BCUT2D eigenvalue weighted by Crippen LogP contribution is -1.81. The Labute approximate surface area is 46.9 Å². The first-order chi connectivity index (χ1) is 3.83. The fourth-order valence-electron chi connectivity index (χ4n) is 0.411. The second-order valence-electron chi connectivity index (χ2n) is 1.35. The maximum atomic E-state index is 5.22. The Bertz CT molecular complexity index is 218. The molecular formula is C5H5N3. The van der Waals surface area contributed by atoms with Gasteiger partial charge < -0.3 is 5.73 Å². The molecule has 40 valence electrons. The van der Waals surface area contributed by atoms with Crippen LogP contribution in [0, 0.1) is 12.3 Å². The van der Waals surface area contributed by atoms with Gasteiger partial charge in [-0.05, 0) is 0 Å². The van der Waals surface area contributed by atoms with Crippen molar-refractivity contribution in [2.45, 2.75) is 0 Å². The monoisotopic (exact) mass is 107 g/mol. The summed E-state index contributed by atoms with van der Waals surface area (Å²) < 4.78 is 0. The second-order valence-corrected chi connectivity index (χ2v) is 1.35. The average molecular weight is 107 g/mol. The lowest BCUT2D eigenvalue weighted by atomic mass is 10.4. The number of hydrogen-bond acceptors (Lipinski definition) is 2. The van der Waals surface area contributed by atoms with Gasteiger partial charge in [0.15, 0.2) is 0 Å². The summed E-state index contributed by atoms with van der Waals surface area (Å²) in [5, 5.41) is 6.14. The molecule has 0 spiro atoms. The highest BCUT2D eigenvalue weighted by Crippen LogP contribution is 1.95. The Hall–Kier alpha value is -1.43. The summed E-state index contributed by atoms with van der Waals surface area (Å²) in [5.74, 6) is 2.78. The van der Waals surface area contributed by atoms with E-state index in [2.05, 4.69) is 16.1 Å². The van der Waals surface area contributed by atoms with Crippen LogP contribution in [0.5, 0.6) is 0 Å². The van der Waals surface area contributed by atoms with Crippen LogP contribution >= 0.6 is 0 Å². The minimum Gasteiger partial charge on any atom is -0.382 e. The van der Waals surface area contributed by atoms with Gasteiger partial charge in [0.2, 0.25) is 0 Å². The molecule has 1 heterocycles. The van der Waals surface area contributed by atoms with Crippen LogP contribution in [0.25, 0.3) is 0 Å². The van der Waals surface area contributed by atoms with Gasteiger partial charge >= 0.3 is 0 Å². The highest BCUT2D eigenvalue weighted by Gasteiger charge is 1.88. The second kappa shape index (κ2) is 1.58. The van der Waals surface area contributed by atoms with Crippen LogP contribution in [0.1, 0.15) is 5.69 Å². The lowest BCUT2D eigenvalue weighted by Gasteiger charge is -1.68. The van der Waals surface area contributed by atoms with Crippen LogP contribution in [0.4, 0.5) is 5.82 Å². The van der Waals surface area contributed by atoms with Crippen molar-refractivity contribution in [3.63, 3.8) is 0 Å². The van der Waals surface area contributed by atoms with E-state index in [1.165, 1.54) is 0 Å². The smallest absolute Gasteiger partial charge is 0.146 e. The molecule has 0 aromatic carbocycles. The molecule has 0 radical (unpaired) electrons. The van der Waals surface area contributed by atoms with E-state index in [1.807, 2.05) is 0 Å². The molecule has 0 amide bonds. The van der Waals surface area contributed by atoms with Crippen LogP contribution in [0.3, 0.4) is 0 Å². The number of hydrogen-bond donors (Lipinski definition) is 2. The molecule has 0 fully saturated rings. The minimum absolute atomic E-state index is 0.429. The zero-order valence-electron chi connectivity index (χ0n) is 4.18. The molecule has 3 heteroatoms. The van der Waals surface area contributed by atoms with E-state index in [0.717, 1.165) is 0 Å². The summed E-state index contributed by atoms with van der Waals surface area (Å²) in [6.07, 6.45) is 4.99. The van der Waals surface area contributed by atoms with Crippen LogP contribution in [0.15, 0.2) is 6.07 Å². The number of nitrogens with zero attached hydrogens (tertiary/aromatic N) is 1. The van der Waals surface area contributed by atoms with Crippen molar-refractivity contribution in [1.82, 2.24) is 10.2 Å². The SMILES string of the molecule is C#Cc1cc(N)n[nH]1. The van der Waals surface area contributed by atoms with Crippen molar-refractivity contribution in [3.05, 3.63) is 11.8 Å². The highest BCUT2D eigenvalue weighted by molar-refractivity contribution is 5.35. The summed E-state index contributed by atoms with van der Waals surface area (Å²) in [4.78, 5) is 0. The molecule has 8 heavy (non-hydrogen) atoms. The molecule has 1 aromatic rings. The third-order valence-corrected chi connectivity index (χ3v) is 0.753. The minimum atomic E-state index is 0.429. The van der Waals surface area contributed by atoms with Gasteiger partial charge in [-0.25, -0.2) is 0 Å². The predicted octanol–water partition coefficient (Wildman–Crippen LogP) is -0.0268. The summed E-state index contributed by atoms with van der Waals surface area (Å²) in [6, 6.07) is 1.60. The van der Waals surface area contributed by atoms with Gasteiger partial charge in [-0.3, -0.25) is 5.10 Å². The molecule has 0 atom stereocenters. The first kappa shape index (κ1) is 4.72. The molecule has 0 aliphatic carbocycles. The lowest BCUT2D eigenvalue weighted by molar-refractivity contribution is 1.08. The first-order valence-corrected chi connectivity index (χ1v) is 2.10. The number of aromatic amines is 1. The van der Waals surface area contributed by atoms with Crippen molar-refractivity contribution in [2.24, 2.45) is 0 Å². The Morgan fingerprint density at radius 3 is 2.88 bits per heavy atom. The Morgan fingerprint density at radius 2 is 2.62 bits per heavy atom. The molecule has 0 aliphatic rings. The van der Waals surface area contributed by atoms with Crippen LogP contribution < -0.4 is 5.73 Å². The molecule has 3 nitrogen and oxygen atoms in total.